The van der Waals surface area contributed by atoms with E-state index in [2.05, 4.69) is 20.3 Å². The van der Waals surface area contributed by atoms with Gasteiger partial charge < -0.3 is 5.32 Å². The zero-order valence-corrected chi connectivity index (χ0v) is 14.6. The molecule has 1 aliphatic heterocycles. The molecule has 0 spiro atoms. The van der Waals surface area contributed by atoms with Gasteiger partial charge >= 0.3 is 0 Å². The number of hydrogen-bond donors (Lipinski definition) is 1. The summed E-state index contributed by atoms with van der Waals surface area (Å²) < 4.78 is 25.2. The van der Waals surface area contributed by atoms with E-state index in [1.165, 1.54) is 10.6 Å². The molecule has 3 heterocycles. The second-order valence-electron chi connectivity index (χ2n) is 6.03. The molecule has 7 nitrogen and oxygen atoms in total. The van der Waals surface area contributed by atoms with E-state index in [1.807, 2.05) is 31.2 Å². The molecule has 1 N–H and O–H groups in total. The van der Waals surface area contributed by atoms with Crippen LogP contribution in [0.4, 0.5) is 11.6 Å². The fourth-order valence-corrected chi connectivity index (χ4v) is 3.83. The third-order valence-corrected chi connectivity index (χ3v) is 5.32. The van der Waals surface area contributed by atoms with E-state index in [9.17, 15) is 8.42 Å². The van der Waals surface area contributed by atoms with Crippen LogP contribution in [0, 0.1) is 6.92 Å². The van der Waals surface area contributed by atoms with Crippen LogP contribution in [0.25, 0.3) is 0 Å². The van der Waals surface area contributed by atoms with Crippen molar-refractivity contribution in [1.29, 1.82) is 0 Å². The summed E-state index contributed by atoms with van der Waals surface area (Å²) in [7, 11) is -3.17. The van der Waals surface area contributed by atoms with Crippen molar-refractivity contribution in [3.05, 3.63) is 42.0 Å². The predicted octanol–water partition coefficient (Wildman–Crippen LogP) is 2.06. The number of hydrogen-bond acceptors (Lipinski definition) is 6. The standard InChI is InChI=1S/C16H21N5O2S/c1-12-18-14(13-6-5-9-21(11-13)24(2,22)23)10-16(19-12)20-15-7-3-4-8-17-15/h3-4,7-8,10,13H,5-6,9,11H2,1-2H3,(H,17,18,19,20)/t13-/m1/s1. The quantitative estimate of drug-likeness (QED) is 0.911. The predicted molar refractivity (Wildman–Crippen MR) is 92.7 cm³/mol. The van der Waals surface area contributed by atoms with E-state index < -0.39 is 10.0 Å². The minimum atomic E-state index is -3.17. The average molecular weight is 347 g/mol. The molecule has 0 saturated carbocycles. The minimum Gasteiger partial charge on any atom is -0.325 e. The van der Waals surface area contributed by atoms with E-state index in [1.54, 1.807) is 6.20 Å². The van der Waals surface area contributed by atoms with Gasteiger partial charge in [0, 0.05) is 31.3 Å². The third kappa shape index (κ3) is 4.07. The lowest BCUT2D eigenvalue weighted by molar-refractivity contribution is 0.314. The van der Waals surface area contributed by atoms with E-state index in [0.717, 1.165) is 18.5 Å². The van der Waals surface area contributed by atoms with Gasteiger partial charge in [0.1, 0.15) is 17.5 Å². The third-order valence-electron chi connectivity index (χ3n) is 4.05. The van der Waals surface area contributed by atoms with E-state index in [4.69, 9.17) is 0 Å². The largest absolute Gasteiger partial charge is 0.325 e. The highest BCUT2D eigenvalue weighted by atomic mass is 32.2. The molecular weight excluding hydrogens is 326 g/mol. The summed E-state index contributed by atoms with van der Waals surface area (Å²) in [6, 6.07) is 7.50. The molecule has 1 atom stereocenters. The van der Waals surface area contributed by atoms with Crippen LogP contribution in [0.5, 0.6) is 0 Å². The van der Waals surface area contributed by atoms with E-state index >= 15 is 0 Å². The molecule has 1 fully saturated rings. The summed E-state index contributed by atoms with van der Waals surface area (Å²) in [5.41, 5.74) is 0.870. The molecule has 128 valence electrons. The van der Waals surface area contributed by atoms with Gasteiger partial charge in [-0.05, 0) is 31.9 Å². The summed E-state index contributed by atoms with van der Waals surface area (Å²) in [6.45, 7) is 2.89. The van der Waals surface area contributed by atoms with Gasteiger partial charge in [-0.2, -0.15) is 0 Å². The van der Waals surface area contributed by atoms with E-state index in [0.29, 0.717) is 30.5 Å². The molecule has 0 radical (unpaired) electrons. The lowest BCUT2D eigenvalue weighted by Gasteiger charge is -2.30. The molecule has 2 aromatic heterocycles. The number of piperidine rings is 1. The smallest absolute Gasteiger partial charge is 0.211 e. The van der Waals surface area contributed by atoms with Gasteiger partial charge in [0.25, 0.3) is 0 Å². The molecule has 1 saturated heterocycles. The Morgan fingerprint density at radius 3 is 2.79 bits per heavy atom. The monoisotopic (exact) mass is 347 g/mol. The topological polar surface area (TPSA) is 88.1 Å². The van der Waals surface area contributed by atoms with E-state index in [-0.39, 0.29) is 5.92 Å². The summed E-state index contributed by atoms with van der Waals surface area (Å²) in [4.78, 5) is 13.2. The van der Waals surface area contributed by atoms with Crippen molar-refractivity contribution in [3.63, 3.8) is 0 Å². The zero-order valence-electron chi connectivity index (χ0n) is 13.8. The maximum Gasteiger partial charge on any atom is 0.211 e. The number of aromatic nitrogens is 3. The van der Waals surface area contributed by atoms with Gasteiger partial charge in [-0.1, -0.05) is 6.07 Å². The lowest BCUT2D eigenvalue weighted by Crippen LogP contribution is -2.38. The number of nitrogens with zero attached hydrogens (tertiary/aromatic N) is 4. The van der Waals surface area contributed by atoms with Crippen molar-refractivity contribution in [3.8, 4) is 0 Å². The van der Waals surface area contributed by atoms with Crippen LogP contribution >= 0.6 is 0 Å². The Bertz CT molecular complexity index is 810. The second-order valence-corrected chi connectivity index (χ2v) is 8.01. The fourth-order valence-electron chi connectivity index (χ4n) is 2.92. The molecule has 2 aromatic rings. The van der Waals surface area contributed by atoms with Crippen LogP contribution in [-0.2, 0) is 10.0 Å². The molecule has 0 aromatic carbocycles. The van der Waals surface area contributed by atoms with Gasteiger partial charge in [-0.25, -0.2) is 27.7 Å². The van der Waals surface area contributed by atoms with Crippen molar-refractivity contribution in [1.82, 2.24) is 19.3 Å². The molecule has 1 aliphatic rings. The highest BCUT2D eigenvalue weighted by molar-refractivity contribution is 7.88. The highest BCUT2D eigenvalue weighted by Gasteiger charge is 2.28. The number of pyridine rings is 1. The lowest BCUT2D eigenvalue weighted by atomic mass is 9.96. The van der Waals surface area contributed by atoms with Gasteiger partial charge in [-0.3, -0.25) is 0 Å². The van der Waals surface area contributed by atoms with Crippen molar-refractivity contribution in [2.24, 2.45) is 0 Å². The Morgan fingerprint density at radius 2 is 2.08 bits per heavy atom. The first-order chi connectivity index (χ1) is 11.4. The van der Waals surface area contributed by atoms with Gasteiger partial charge in [-0.15, -0.1) is 0 Å². The summed E-state index contributed by atoms with van der Waals surface area (Å²) in [5.74, 6) is 2.12. The second kappa shape index (κ2) is 6.82. The number of anilines is 2. The Balaban J connectivity index is 1.83. The van der Waals surface area contributed by atoms with Crippen molar-refractivity contribution in [2.75, 3.05) is 24.7 Å². The Kier molecular flexibility index (Phi) is 4.77. The molecule has 0 aliphatic carbocycles. The van der Waals surface area contributed by atoms with Crippen LogP contribution in [0.15, 0.2) is 30.5 Å². The molecular formula is C16H21N5O2S. The molecule has 0 amide bonds. The Labute approximate surface area is 142 Å². The zero-order chi connectivity index (χ0) is 17.2. The summed E-state index contributed by atoms with van der Waals surface area (Å²) >= 11 is 0. The van der Waals surface area contributed by atoms with Crippen LogP contribution in [0.2, 0.25) is 0 Å². The number of nitrogens with one attached hydrogen (secondary N) is 1. The first kappa shape index (κ1) is 16.8. The van der Waals surface area contributed by atoms with Crippen molar-refractivity contribution < 1.29 is 8.42 Å². The van der Waals surface area contributed by atoms with Gasteiger partial charge in [0.2, 0.25) is 10.0 Å². The van der Waals surface area contributed by atoms with Crippen LogP contribution in [-0.4, -0.2) is 47.0 Å². The molecule has 3 rings (SSSR count). The first-order valence-corrected chi connectivity index (χ1v) is 9.75. The van der Waals surface area contributed by atoms with Crippen LogP contribution in [0.3, 0.4) is 0 Å². The van der Waals surface area contributed by atoms with Gasteiger partial charge in [0.15, 0.2) is 0 Å². The maximum absolute atomic E-state index is 11.8. The molecule has 8 heteroatoms. The number of aryl methyl sites for hydroxylation is 1. The highest BCUT2D eigenvalue weighted by Crippen LogP contribution is 2.28. The molecule has 0 bridgehead atoms. The van der Waals surface area contributed by atoms with Gasteiger partial charge in [0.05, 0.1) is 11.9 Å². The summed E-state index contributed by atoms with van der Waals surface area (Å²) in [5, 5.41) is 3.17. The SMILES string of the molecule is Cc1nc(Nc2ccccn2)cc([C@@H]2CCCN(S(C)(=O)=O)C2)n1. The molecule has 24 heavy (non-hydrogen) atoms. The molecule has 0 unspecified atom stereocenters. The van der Waals surface area contributed by atoms with Crippen LogP contribution < -0.4 is 5.32 Å². The summed E-state index contributed by atoms with van der Waals surface area (Å²) in [6.07, 6.45) is 4.73. The maximum atomic E-state index is 11.8. The number of sulfonamides is 1. The van der Waals surface area contributed by atoms with Crippen molar-refractivity contribution in [2.45, 2.75) is 25.7 Å². The normalized spacial score (nSPS) is 19.2. The Morgan fingerprint density at radius 1 is 1.25 bits per heavy atom. The first-order valence-electron chi connectivity index (χ1n) is 7.90. The minimum absolute atomic E-state index is 0.0828. The fraction of sp³-hybridized carbons (Fsp3) is 0.438. The number of rotatable bonds is 4. The average Bonchev–Trinajstić information content (AvgIpc) is 2.54. The Hall–Kier alpha value is -2.06. The van der Waals surface area contributed by atoms with Crippen LogP contribution in [0.1, 0.15) is 30.3 Å². The van der Waals surface area contributed by atoms with Crippen molar-refractivity contribution >= 4 is 21.7 Å².